The van der Waals surface area contributed by atoms with Crippen molar-refractivity contribution in [2.24, 2.45) is 0 Å². The van der Waals surface area contributed by atoms with Crippen molar-refractivity contribution < 1.29 is 9.18 Å². The first-order chi connectivity index (χ1) is 9.60. The molecule has 0 saturated carbocycles. The maximum atomic E-state index is 13.0. The number of halogens is 2. The van der Waals surface area contributed by atoms with Gasteiger partial charge in [0.2, 0.25) is 0 Å². The van der Waals surface area contributed by atoms with Gasteiger partial charge in [0.25, 0.3) is 5.91 Å². The first-order valence-electron chi connectivity index (χ1n) is 5.94. The van der Waals surface area contributed by atoms with Gasteiger partial charge in [0.1, 0.15) is 11.6 Å². The largest absolute Gasteiger partial charge is 0.369 e. The van der Waals surface area contributed by atoms with E-state index in [1.165, 1.54) is 18.2 Å². The highest BCUT2D eigenvalue weighted by Crippen LogP contribution is 2.19. The van der Waals surface area contributed by atoms with Crippen LogP contribution in [0.4, 0.5) is 15.9 Å². The van der Waals surface area contributed by atoms with E-state index in [4.69, 9.17) is 11.6 Å². The predicted octanol–water partition coefficient (Wildman–Crippen LogP) is 2.95. The zero-order valence-corrected chi connectivity index (χ0v) is 11.4. The molecule has 2 aromatic rings. The topological polar surface area (TPSA) is 66.9 Å². The molecule has 1 aromatic carbocycles. The van der Waals surface area contributed by atoms with Gasteiger partial charge >= 0.3 is 0 Å². The number of nitrogens with one attached hydrogen (secondary N) is 2. The van der Waals surface area contributed by atoms with Crippen LogP contribution in [0.25, 0.3) is 0 Å². The average molecular weight is 295 g/mol. The Morgan fingerprint density at radius 1 is 1.30 bits per heavy atom. The molecule has 2 rings (SSSR count). The van der Waals surface area contributed by atoms with Gasteiger partial charge in [-0.2, -0.15) is 0 Å². The molecule has 0 radical (unpaired) electrons. The molecule has 1 heterocycles. The van der Waals surface area contributed by atoms with Crippen LogP contribution in [0, 0.1) is 5.82 Å². The van der Waals surface area contributed by atoms with Crippen LogP contribution in [-0.2, 0) is 0 Å². The molecule has 0 spiro atoms. The molecule has 1 aromatic heterocycles. The molecule has 0 atom stereocenters. The summed E-state index contributed by atoms with van der Waals surface area (Å²) in [6.07, 6.45) is 0. The fourth-order valence-electron chi connectivity index (χ4n) is 1.50. The summed E-state index contributed by atoms with van der Waals surface area (Å²) >= 11 is 5.64. The molecule has 0 aliphatic carbocycles. The van der Waals surface area contributed by atoms with Gasteiger partial charge in [-0.05, 0) is 37.3 Å². The highest BCUT2D eigenvalue weighted by atomic mass is 35.5. The highest BCUT2D eigenvalue weighted by Gasteiger charge is 2.09. The Labute approximate surface area is 120 Å². The van der Waals surface area contributed by atoms with E-state index in [2.05, 4.69) is 20.8 Å². The molecule has 0 fully saturated rings. The molecule has 2 N–H and O–H groups in total. The Morgan fingerprint density at radius 2 is 2.10 bits per heavy atom. The first-order valence-corrected chi connectivity index (χ1v) is 6.32. The van der Waals surface area contributed by atoms with Crippen LogP contribution in [0.2, 0.25) is 5.02 Å². The van der Waals surface area contributed by atoms with E-state index in [9.17, 15) is 9.18 Å². The number of hydrogen-bond acceptors (Lipinski definition) is 4. The van der Waals surface area contributed by atoms with Crippen molar-refractivity contribution in [1.29, 1.82) is 0 Å². The lowest BCUT2D eigenvalue weighted by atomic mass is 10.3. The molecule has 7 heteroatoms. The second kappa shape index (κ2) is 6.29. The number of carbonyl (C=O) groups is 1. The molecule has 5 nitrogen and oxygen atoms in total. The van der Waals surface area contributed by atoms with Crippen LogP contribution in [-0.4, -0.2) is 22.6 Å². The zero-order chi connectivity index (χ0) is 14.5. The summed E-state index contributed by atoms with van der Waals surface area (Å²) in [5.41, 5.74) is 0.547. The molecule has 1 amide bonds. The molecule has 104 valence electrons. The molecule has 0 aliphatic heterocycles. The minimum atomic E-state index is -0.542. The third-order valence-corrected chi connectivity index (χ3v) is 2.72. The predicted molar refractivity (Wildman–Crippen MR) is 75.6 cm³/mol. The smallest absolute Gasteiger partial charge is 0.276 e. The van der Waals surface area contributed by atoms with Crippen molar-refractivity contribution in [3.63, 3.8) is 0 Å². The van der Waals surface area contributed by atoms with Gasteiger partial charge in [0, 0.05) is 12.2 Å². The quantitative estimate of drug-likeness (QED) is 0.910. The number of rotatable bonds is 4. The lowest BCUT2D eigenvalue weighted by Gasteiger charge is -2.06. The molecule has 0 aliphatic rings. The van der Waals surface area contributed by atoms with Crippen LogP contribution in [0.1, 0.15) is 17.4 Å². The van der Waals surface area contributed by atoms with E-state index >= 15 is 0 Å². The van der Waals surface area contributed by atoms with E-state index in [0.717, 1.165) is 0 Å². The summed E-state index contributed by atoms with van der Waals surface area (Å²) in [4.78, 5) is 11.9. The molecule has 0 saturated heterocycles. The Balaban J connectivity index is 2.09. The van der Waals surface area contributed by atoms with Gasteiger partial charge in [-0.3, -0.25) is 4.79 Å². The fraction of sp³-hybridized carbons (Fsp3) is 0.154. The van der Waals surface area contributed by atoms with Gasteiger partial charge in [-0.25, -0.2) is 4.39 Å². The summed E-state index contributed by atoms with van der Waals surface area (Å²) in [6, 6.07) is 7.13. The van der Waals surface area contributed by atoms with Crippen LogP contribution in [0.3, 0.4) is 0 Å². The monoisotopic (exact) mass is 294 g/mol. The standard InChI is InChI=1S/C13H12ClFN4O/c1-2-16-12-6-5-11(18-19-12)13(20)17-8-3-4-10(15)9(14)7-8/h3-7H,2H2,1H3,(H,16,19)(H,17,20). The van der Waals surface area contributed by atoms with E-state index in [1.54, 1.807) is 12.1 Å². The zero-order valence-electron chi connectivity index (χ0n) is 10.7. The van der Waals surface area contributed by atoms with Crippen molar-refractivity contribution in [3.8, 4) is 0 Å². The average Bonchev–Trinajstić information content (AvgIpc) is 2.44. The van der Waals surface area contributed by atoms with Crippen LogP contribution < -0.4 is 10.6 Å². The first kappa shape index (κ1) is 14.2. The number of carbonyl (C=O) groups excluding carboxylic acids is 1. The summed E-state index contributed by atoms with van der Waals surface area (Å²) in [5.74, 6) is -0.392. The number of benzene rings is 1. The highest BCUT2D eigenvalue weighted by molar-refractivity contribution is 6.31. The summed E-state index contributed by atoms with van der Waals surface area (Å²) in [6.45, 7) is 2.65. The van der Waals surface area contributed by atoms with Crippen LogP contribution in [0.15, 0.2) is 30.3 Å². The second-order valence-electron chi connectivity index (χ2n) is 3.92. The van der Waals surface area contributed by atoms with Gasteiger partial charge in [0.05, 0.1) is 5.02 Å². The van der Waals surface area contributed by atoms with E-state index < -0.39 is 11.7 Å². The minimum absolute atomic E-state index is 0.0589. The molecule has 20 heavy (non-hydrogen) atoms. The van der Waals surface area contributed by atoms with Gasteiger partial charge < -0.3 is 10.6 Å². The van der Waals surface area contributed by atoms with E-state index in [0.29, 0.717) is 18.1 Å². The number of amides is 1. The van der Waals surface area contributed by atoms with Crippen molar-refractivity contribution in [1.82, 2.24) is 10.2 Å². The number of hydrogen-bond donors (Lipinski definition) is 2. The number of nitrogens with zero attached hydrogens (tertiary/aromatic N) is 2. The van der Waals surface area contributed by atoms with E-state index in [-0.39, 0.29) is 10.7 Å². The Kier molecular flexibility index (Phi) is 4.47. The lowest BCUT2D eigenvalue weighted by Crippen LogP contribution is -2.15. The van der Waals surface area contributed by atoms with Gasteiger partial charge in [-0.1, -0.05) is 11.6 Å². The molecular weight excluding hydrogens is 283 g/mol. The SMILES string of the molecule is CCNc1ccc(C(=O)Nc2ccc(F)c(Cl)c2)nn1. The summed E-state index contributed by atoms with van der Waals surface area (Å²) in [5, 5.41) is 13.1. The van der Waals surface area contributed by atoms with Crippen molar-refractivity contribution in [2.75, 3.05) is 17.2 Å². The lowest BCUT2D eigenvalue weighted by molar-refractivity contribution is 0.102. The molecule has 0 bridgehead atoms. The Hall–Kier alpha value is -2.21. The van der Waals surface area contributed by atoms with Gasteiger partial charge in [-0.15, -0.1) is 10.2 Å². The Bertz CT molecular complexity index is 618. The second-order valence-corrected chi connectivity index (χ2v) is 4.32. The normalized spacial score (nSPS) is 10.2. The fourth-order valence-corrected chi connectivity index (χ4v) is 1.68. The third kappa shape index (κ3) is 3.42. The number of aromatic nitrogens is 2. The van der Waals surface area contributed by atoms with Crippen LogP contribution >= 0.6 is 11.6 Å². The number of anilines is 2. The van der Waals surface area contributed by atoms with Crippen LogP contribution in [0.5, 0.6) is 0 Å². The summed E-state index contributed by atoms with van der Waals surface area (Å²) < 4.78 is 13.0. The molecule has 0 unspecified atom stereocenters. The third-order valence-electron chi connectivity index (χ3n) is 2.43. The maximum Gasteiger partial charge on any atom is 0.276 e. The van der Waals surface area contributed by atoms with Gasteiger partial charge in [0.15, 0.2) is 5.69 Å². The van der Waals surface area contributed by atoms with Crippen molar-refractivity contribution in [3.05, 3.63) is 46.9 Å². The van der Waals surface area contributed by atoms with E-state index in [1.807, 2.05) is 6.92 Å². The minimum Gasteiger partial charge on any atom is -0.369 e. The Morgan fingerprint density at radius 3 is 2.70 bits per heavy atom. The summed E-state index contributed by atoms with van der Waals surface area (Å²) in [7, 11) is 0. The van der Waals surface area contributed by atoms with Crippen molar-refractivity contribution >= 4 is 29.0 Å². The van der Waals surface area contributed by atoms with Crippen molar-refractivity contribution in [2.45, 2.75) is 6.92 Å². The maximum absolute atomic E-state index is 13.0. The molecular formula is C13H12ClFN4O.